The first-order chi connectivity index (χ1) is 5.86. The smallest absolute Gasteiger partial charge is 0.306 e. The zero-order valence-electron chi connectivity index (χ0n) is 8.70. The van der Waals surface area contributed by atoms with E-state index < -0.39 is 17.8 Å². The Morgan fingerprint density at radius 3 is 2.23 bits per heavy atom. The van der Waals surface area contributed by atoms with E-state index in [0.29, 0.717) is 0 Å². The lowest BCUT2D eigenvalue weighted by Crippen LogP contribution is -2.34. The molecule has 1 N–H and O–H groups in total. The third-order valence-electron chi connectivity index (χ3n) is 2.89. The van der Waals surface area contributed by atoms with E-state index in [4.69, 9.17) is 5.11 Å². The Morgan fingerprint density at radius 1 is 1.54 bits per heavy atom. The Labute approximate surface area is 79.1 Å². The molecule has 0 saturated carbocycles. The Hall–Kier alpha value is -0.860. The maximum absolute atomic E-state index is 10.8. The average Bonchev–Trinajstić information content (AvgIpc) is 2.05. The summed E-state index contributed by atoms with van der Waals surface area (Å²) < 4.78 is 0. The van der Waals surface area contributed by atoms with Gasteiger partial charge in [0, 0.05) is 5.92 Å². The molecule has 2 atom stereocenters. The Bertz CT molecular complexity index is 196. The molecule has 0 amide bonds. The number of aliphatic carboxylic acids is 1. The summed E-state index contributed by atoms with van der Waals surface area (Å²) in [6.45, 7) is 7.39. The largest absolute Gasteiger partial charge is 0.481 e. The Kier molecular flexibility index (Phi) is 4.11. The van der Waals surface area contributed by atoms with Crippen molar-refractivity contribution in [2.45, 2.75) is 34.1 Å². The fourth-order valence-corrected chi connectivity index (χ4v) is 1.37. The van der Waals surface area contributed by atoms with Crippen LogP contribution in [0.25, 0.3) is 0 Å². The summed E-state index contributed by atoms with van der Waals surface area (Å²) in [4.78, 5) is 21.5. The molecule has 0 aliphatic rings. The maximum Gasteiger partial charge on any atom is 0.306 e. The number of carbonyl (C=O) groups is 2. The number of hydrogen-bond acceptors (Lipinski definition) is 2. The number of carbonyl (C=O) groups excluding carboxylic acids is 1. The van der Waals surface area contributed by atoms with E-state index in [-0.39, 0.29) is 5.41 Å². The first-order valence-corrected chi connectivity index (χ1v) is 4.55. The van der Waals surface area contributed by atoms with Crippen LogP contribution < -0.4 is 0 Å². The fraction of sp³-hybridized carbons (Fsp3) is 0.800. The van der Waals surface area contributed by atoms with E-state index >= 15 is 0 Å². The molecule has 0 radical (unpaired) electrons. The predicted molar refractivity (Wildman–Crippen MR) is 50.4 cm³/mol. The Morgan fingerprint density at radius 2 is 2.00 bits per heavy atom. The summed E-state index contributed by atoms with van der Waals surface area (Å²) >= 11 is 0. The first kappa shape index (κ1) is 12.1. The quantitative estimate of drug-likeness (QED) is 0.668. The number of aldehydes is 1. The molecule has 0 fully saturated rings. The van der Waals surface area contributed by atoms with Crippen LogP contribution in [-0.2, 0) is 9.59 Å². The van der Waals surface area contributed by atoms with Crippen molar-refractivity contribution in [1.29, 1.82) is 0 Å². The molecule has 13 heavy (non-hydrogen) atoms. The summed E-state index contributed by atoms with van der Waals surface area (Å²) in [5, 5.41) is 8.78. The molecule has 0 heterocycles. The molecule has 0 aromatic rings. The normalized spacial score (nSPS) is 16.3. The van der Waals surface area contributed by atoms with Crippen molar-refractivity contribution in [3.63, 3.8) is 0 Å². The minimum Gasteiger partial charge on any atom is -0.481 e. The van der Waals surface area contributed by atoms with Gasteiger partial charge in [-0.25, -0.2) is 0 Å². The van der Waals surface area contributed by atoms with Gasteiger partial charge in [-0.2, -0.15) is 0 Å². The van der Waals surface area contributed by atoms with E-state index in [1.807, 2.05) is 20.8 Å². The van der Waals surface area contributed by atoms with Gasteiger partial charge in [-0.3, -0.25) is 4.79 Å². The average molecular weight is 186 g/mol. The lowest BCUT2D eigenvalue weighted by Gasteiger charge is -2.31. The first-order valence-electron chi connectivity index (χ1n) is 4.55. The second-order valence-electron chi connectivity index (χ2n) is 4.13. The van der Waals surface area contributed by atoms with Gasteiger partial charge in [0.05, 0.1) is 5.92 Å². The fourth-order valence-electron chi connectivity index (χ4n) is 1.37. The van der Waals surface area contributed by atoms with Crippen molar-refractivity contribution in [1.82, 2.24) is 0 Å². The van der Waals surface area contributed by atoms with E-state index in [0.717, 1.165) is 12.7 Å². The van der Waals surface area contributed by atoms with Gasteiger partial charge >= 0.3 is 5.97 Å². The number of rotatable bonds is 5. The molecule has 0 saturated heterocycles. The van der Waals surface area contributed by atoms with Crippen LogP contribution in [0.3, 0.4) is 0 Å². The summed E-state index contributed by atoms with van der Waals surface area (Å²) in [5.41, 5.74) is -0.237. The standard InChI is InChI=1S/C10H18O3/c1-5-10(3,4)8(6-11)7(2)9(12)13/h6-8H,5H2,1-4H3,(H,12,13). The van der Waals surface area contributed by atoms with Gasteiger partial charge in [-0.1, -0.05) is 34.1 Å². The highest BCUT2D eigenvalue weighted by Crippen LogP contribution is 2.34. The lowest BCUT2D eigenvalue weighted by atomic mass is 9.71. The summed E-state index contributed by atoms with van der Waals surface area (Å²) in [6.07, 6.45) is 1.57. The van der Waals surface area contributed by atoms with Crippen molar-refractivity contribution in [2.75, 3.05) is 0 Å². The number of carboxylic acids is 1. The molecule has 3 nitrogen and oxygen atoms in total. The van der Waals surface area contributed by atoms with Gasteiger partial charge in [-0.15, -0.1) is 0 Å². The summed E-state index contributed by atoms with van der Waals surface area (Å²) in [5.74, 6) is -1.92. The second kappa shape index (κ2) is 4.40. The van der Waals surface area contributed by atoms with Crippen molar-refractivity contribution >= 4 is 12.3 Å². The number of carboxylic acid groups (broad SMARTS) is 1. The van der Waals surface area contributed by atoms with Gasteiger partial charge < -0.3 is 9.90 Å². The third kappa shape index (κ3) is 2.83. The van der Waals surface area contributed by atoms with E-state index in [1.54, 1.807) is 6.92 Å². The third-order valence-corrected chi connectivity index (χ3v) is 2.89. The van der Waals surface area contributed by atoms with Crippen LogP contribution in [0.1, 0.15) is 34.1 Å². The molecule has 0 rings (SSSR count). The molecule has 0 aliphatic heterocycles. The maximum atomic E-state index is 10.8. The molecule has 0 aromatic heterocycles. The molecular weight excluding hydrogens is 168 g/mol. The zero-order chi connectivity index (χ0) is 10.6. The second-order valence-corrected chi connectivity index (χ2v) is 4.13. The highest BCUT2D eigenvalue weighted by atomic mass is 16.4. The topological polar surface area (TPSA) is 54.4 Å². The predicted octanol–water partition coefficient (Wildman–Crippen LogP) is 1.96. The van der Waals surface area contributed by atoms with Crippen LogP contribution >= 0.6 is 0 Å². The van der Waals surface area contributed by atoms with Gasteiger partial charge in [0.2, 0.25) is 0 Å². The monoisotopic (exact) mass is 186 g/mol. The van der Waals surface area contributed by atoms with Crippen LogP contribution in [-0.4, -0.2) is 17.4 Å². The van der Waals surface area contributed by atoms with E-state index in [9.17, 15) is 9.59 Å². The van der Waals surface area contributed by atoms with Gasteiger partial charge in [-0.05, 0) is 5.41 Å². The van der Waals surface area contributed by atoms with Crippen molar-refractivity contribution in [3.8, 4) is 0 Å². The van der Waals surface area contributed by atoms with Crippen LogP contribution in [0.5, 0.6) is 0 Å². The van der Waals surface area contributed by atoms with Crippen LogP contribution in [0, 0.1) is 17.3 Å². The molecule has 0 aliphatic carbocycles. The van der Waals surface area contributed by atoms with Crippen LogP contribution in [0.15, 0.2) is 0 Å². The van der Waals surface area contributed by atoms with Crippen LogP contribution in [0.2, 0.25) is 0 Å². The molecular formula is C10H18O3. The lowest BCUT2D eigenvalue weighted by molar-refractivity contribution is -0.146. The van der Waals surface area contributed by atoms with E-state index in [2.05, 4.69) is 0 Å². The zero-order valence-corrected chi connectivity index (χ0v) is 8.70. The van der Waals surface area contributed by atoms with Crippen molar-refractivity contribution in [2.24, 2.45) is 17.3 Å². The van der Waals surface area contributed by atoms with Gasteiger partial charge in [0.15, 0.2) is 0 Å². The molecule has 76 valence electrons. The minimum atomic E-state index is -0.904. The molecule has 0 bridgehead atoms. The molecule has 0 aromatic carbocycles. The Balaban J connectivity index is 4.69. The molecule has 2 unspecified atom stereocenters. The van der Waals surface area contributed by atoms with Crippen LogP contribution in [0.4, 0.5) is 0 Å². The van der Waals surface area contributed by atoms with Gasteiger partial charge in [0.1, 0.15) is 6.29 Å². The summed E-state index contributed by atoms with van der Waals surface area (Å²) in [7, 11) is 0. The summed E-state index contributed by atoms with van der Waals surface area (Å²) in [6, 6.07) is 0. The molecule has 3 heteroatoms. The van der Waals surface area contributed by atoms with Gasteiger partial charge in [0.25, 0.3) is 0 Å². The van der Waals surface area contributed by atoms with Crippen molar-refractivity contribution in [3.05, 3.63) is 0 Å². The highest BCUT2D eigenvalue weighted by Gasteiger charge is 2.35. The molecule has 0 spiro atoms. The minimum absolute atomic E-state index is 0.237. The highest BCUT2D eigenvalue weighted by molar-refractivity contribution is 5.74. The van der Waals surface area contributed by atoms with Crippen molar-refractivity contribution < 1.29 is 14.7 Å². The SMILES string of the molecule is CCC(C)(C)C(C=O)C(C)C(=O)O. The van der Waals surface area contributed by atoms with E-state index in [1.165, 1.54) is 0 Å². The number of hydrogen-bond donors (Lipinski definition) is 1.